The van der Waals surface area contributed by atoms with Crippen LogP contribution in [0.4, 0.5) is 0 Å². The lowest BCUT2D eigenvalue weighted by molar-refractivity contribution is 0.154. The van der Waals surface area contributed by atoms with Gasteiger partial charge in [-0.05, 0) is 20.0 Å². The molecule has 0 amide bonds. The lowest BCUT2D eigenvalue weighted by Gasteiger charge is -2.31. The first-order valence-electron chi connectivity index (χ1n) is 4.24. The van der Waals surface area contributed by atoms with E-state index >= 15 is 0 Å². The second-order valence-electron chi connectivity index (χ2n) is 3.14. The van der Waals surface area contributed by atoms with E-state index in [1.54, 1.807) is 0 Å². The van der Waals surface area contributed by atoms with Gasteiger partial charge in [0.1, 0.15) is 0 Å². The molecule has 0 unspecified atom stereocenters. The summed E-state index contributed by atoms with van der Waals surface area (Å²) in [5.74, 6) is 0. The van der Waals surface area contributed by atoms with Crippen molar-refractivity contribution in [3.8, 4) is 0 Å². The average molecular weight is 142 g/mol. The van der Waals surface area contributed by atoms with Crippen LogP contribution in [0.3, 0.4) is 0 Å². The average Bonchev–Trinajstić information content (AvgIpc) is 1.95. The third-order valence-electron chi connectivity index (χ3n) is 2.14. The van der Waals surface area contributed by atoms with Gasteiger partial charge in [0, 0.05) is 26.2 Å². The minimum absolute atomic E-state index is 1.25. The van der Waals surface area contributed by atoms with Crippen molar-refractivity contribution in [1.82, 2.24) is 9.80 Å². The molecular formula is C8H18N2. The van der Waals surface area contributed by atoms with Gasteiger partial charge in [0.15, 0.2) is 0 Å². The van der Waals surface area contributed by atoms with Gasteiger partial charge in [-0.2, -0.15) is 0 Å². The third-order valence-corrected chi connectivity index (χ3v) is 2.14. The molecule has 0 spiro atoms. The van der Waals surface area contributed by atoms with Crippen LogP contribution in [0.15, 0.2) is 0 Å². The van der Waals surface area contributed by atoms with E-state index in [2.05, 4.69) is 23.8 Å². The van der Waals surface area contributed by atoms with Crippen LogP contribution in [0.5, 0.6) is 0 Å². The Labute approximate surface area is 63.8 Å². The number of rotatable bonds is 2. The standard InChI is InChI=1S/C8H18N2/c1-3-4-10-7-5-9(2)6-8-10/h3-8H2,1-2H3. The Balaban J connectivity index is 2.13. The van der Waals surface area contributed by atoms with Gasteiger partial charge in [-0.25, -0.2) is 0 Å². The molecule has 60 valence electrons. The van der Waals surface area contributed by atoms with E-state index in [1.165, 1.54) is 39.1 Å². The van der Waals surface area contributed by atoms with Crippen LogP contribution in [0, 0.1) is 0 Å². The number of hydrogen-bond donors (Lipinski definition) is 0. The molecular weight excluding hydrogens is 124 g/mol. The first kappa shape index (κ1) is 8.02. The maximum Gasteiger partial charge on any atom is 0.0110 e. The Bertz CT molecular complexity index is 85.3. The predicted octanol–water partition coefficient (Wildman–Crippen LogP) is 0.644. The SMILES string of the molecule is CCCN1CCN(C)CC1. The number of likely N-dealkylation sites (N-methyl/N-ethyl adjacent to an activating group) is 1. The van der Waals surface area contributed by atoms with E-state index < -0.39 is 0 Å². The van der Waals surface area contributed by atoms with Gasteiger partial charge >= 0.3 is 0 Å². The highest BCUT2D eigenvalue weighted by molar-refractivity contribution is 4.67. The molecule has 1 rings (SSSR count). The molecule has 10 heavy (non-hydrogen) atoms. The molecule has 2 nitrogen and oxygen atoms in total. The van der Waals surface area contributed by atoms with E-state index in [-0.39, 0.29) is 0 Å². The molecule has 0 radical (unpaired) electrons. The highest BCUT2D eigenvalue weighted by Gasteiger charge is 2.11. The van der Waals surface area contributed by atoms with Gasteiger partial charge in [-0.3, -0.25) is 0 Å². The second-order valence-corrected chi connectivity index (χ2v) is 3.14. The Morgan fingerprint density at radius 3 is 2.20 bits per heavy atom. The van der Waals surface area contributed by atoms with Crippen LogP contribution in [0.1, 0.15) is 13.3 Å². The van der Waals surface area contributed by atoms with Crippen LogP contribution >= 0.6 is 0 Å². The summed E-state index contributed by atoms with van der Waals surface area (Å²) in [5, 5.41) is 0. The lowest BCUT2D eigenvalue weighted by atomic mass is 10.3. The number of piperazine rings is 1. The number of nitrogens with zero attached hydrogens (tertiary/aromatic N) is 2. The van der Waals surface area contributed by atoms with E-state index in [1.807, 2.05) is 0 Å². The van der Waals surface area contributed by atoms with Crippen LogP contribution in [-0.4, -0.2) is 49.6 Å². The maximum atomic E-state index is 2.54. The van der Waals surface area contributed by atoms with Crippen molar-refractivity contribution < 1.29 is 0 Å². The van der Waals surface area contributed by atoms with E-state index in [0.29, 0.717) is 0 Å². The summed E-state index contributed by atoms with van der Waals surface area (Å²) in [5.41, 5.74) is 0. The minimum Gasteiger partial charge on any atom is -0.304 e. The molecule has 0 N–H and O–H groups in total. The highest BCUT2D eigenvalue weighted by atomic mass is 15.2. The minimum atomic E-state index is 1.25. The Kier molecular flexibility index (Phi) is 3.16. The summed E-state index contributed by atoms with van der Waals surface area (Å²) in [7, 11) is 2.20. The van der Waals surface area contributed by atoms with Gasteiger partial charge in [0.25, 0.3) is 0 Å². The molecule has 0 bridgehead atoms. The Morgan fingerprint density at radius 2 is 1.70 bits per heavy atom. The molecule has 1 aliphatic heterocycles. The molecule has 2 heteroatoms. The zero-order valence-electron chi connectivity index (χ0n) is 7.14. The van der Waals surface area contributed by atoms with Gasteiger partial charge in [0.2, 0.25) is 0 Å². The van der Waals surface area contributed by atoms with Crippen molar-refractivity contribution in [2.24, 2.45) is 0 Å². The Hall–Kier alpha value is -0.0800. The Morgan fingerprint density at radius 1 is 1.10 bits per heavy atom. The summed E-state index contributed by atoms with van der Waals surface area (Å²) in [6, 6.07) is 0. The largest absolute Gasteiger partial charge is 0.304 e. The van der Waals surface area contributed by atoms with Crippen molar-refractivity contribution >= 4 is 0 Å². The van der Waals surface area contributed by atoms with E-state index in [0.717, 1.165) is 0 Å². The fourth-order valence-corrected chi connectivity index (χ4v) is 1.39. The summed E-state index contributed by atoms with van der Waals surface area (Å²) in [6.45, 7) is 8.57. The van der Waals surface area contributed by atoms with Gasteiger partial charge in [0.05, 0.1) is 0 Å². The zero-order chi connectivity index (χ0) is 7.40. The van der Waals surface area contributed by atoms with Gasteiger partial charge in [-0.1, -0.05) is 6.92 Å². The smallest absolute Gasteiger partial charge is 0.0110 e. The van der Waals surface area contributed by atoms with Crippen LogP contribution in [0.2, 0.25) is 0 Å². The summed E-state index contributed by atoms with van der Waals surface area (Å²) in [4.78, 5) is 4.94. The topological polar surface area (TPSA) is 6.48 Å². The summed E-state index contributed by atoms with van der Waals surface area (Å²) >= 11 is 0. The monoisotopic (exact) mass is 142 g/mol. The zero-order valence-corrected chi connectivity index (χ0v) is 7.14. The molecule has 0 saturated carbocycles. The molecule has 0 aliphatic carbocycles. The second kappa shape index (κ2) is 3.94. The van der Waals surface area contributed by atoms with E-state index in [4.69, 9.17) is 0 Å². The quantitative estimate of drug-likeness (QED) is 0.558. The number of hydrogen-bond acceptors (Lipinski definition) is 2. The first-order chi connectivity index (χ1) is 4.83. The van der Waals surface area contributed by atoms with Crippen LogP contribution in [-0.2, 0) is 0 Å². The molecule has 1 saturated heterocycles. The first-order valence-corrected chi connectivity index (χ1v) is 4.24. The van der Waals surface area contributed by atoms with Gasteiger partial charge < -0.3 is 9.80 Å². The molecule has 0 aromatic carbocycles. The van der Waals surface area contributed by atoms with Crippen molar-refractivity contribution in [1.29, 1.82) is 0 Å². The van der Waals surface area contributed by atoms with Crippen LogP contribution in [0.25, 0.3) is 0 Å². The molecule has 0 aromatic rings. The third kappa shape index (κ3) is 2.27. The molecule has 0 aromatic heterocycles. The maximum absolute atomic E-state index is 2.54. The molecule has 0 atom stereocenters. The highest BCUT2D eigenvalue weighted by Crippen LogP contribution is 1.98. The van der Waals surface area contributed by atoms with Crippen molar-refractivity contribution in [3.05, 3.63) is 0 Å². The van der Waals surface area contributed by atoms with Crippen molar-refractivity contribution in [3.63, 3.8) is 0 Å². The van der Waals surface area contributed by atoms with Crippen LogP contribution < -0.4 is 0 Å². The fourth-order valence-electron chi connectivity index (χ4n) is 1.39. The molecule has 1 heterocycles. The van der Waals surface area contributed by atoms with Crippen molar-refractivity contribution in [2.75, 3.05) is 39.8 Å². The fraction of sp³-hybridized carbons (Fsp3) is 1.00. The van der Waals surface area contributed by atoms with Crippen molar-refractivity contribution in [2.45, 2.75) is 13.3 Å². The predicted molar refractivity (Wildman–Crippen MR) is 44.2 cm³/mol. The normalized spacial score (nSPS) is 23.4. The molecule has 1 fully saturated rings. The summed E-state index contributed by atoms with van der Waals surface area (Å²) in [6.07, 6.45) is 1.30. The lowest BCUT2D eigenvalue weighted by Crippen LogP contribution is -2.44. The molecule has 1 aliphatic rings. The van der Waals surface area contributed by atoms with E-state index in [9.17, 15) is 0 Å². The summed E-state index contributed by atoms with van der Waals surface area (Å²) < 4.78 is 0. The van der Waals surface area contributed by atoms with Gasteiger partial charge in [-0.15, -0.1) is 0 Å².